The number of hydrogen-bond acceptors (Lipinski definition) is 9. The Morgan fingerprint density at radius 1 is 1.00 bits per heavy atom. The maximum atomic E-state index is 13.1. The first-order valence-corrected chi connectivity index (χ1v) is 13.3. The van der Waals surface area contributed by atoms with Crippen LogP contribution >= 0.6 is 0 Å². The number of nitro groups is 1. The van der Waals surface area contributed by atoms with Gasteiger partial charge in [0.25, 0.3) is 5.91 Å². The highest BCUT2D eigenvalue weighted by Crippen LogP contribution is 2.36. The van der Waals surface area contributed by atoms with Gasteiger partial charge in [-0.25, -0.2) is 4.79 Å². The summed E-state index contributed by atoms with van der Waals surface area (Å²) in [6.07, 6.45) is 0.802. The number of pyridine rings is 1. The molecule has 4 heterocycles. The predicted octanol–water partition coefficient (Wildman–Crippen LogP) is 3.57. The number of piperidine rings is 1. The zero-order chi connectivity index (χ0) is 29.5. The van der Waals surface area contributed by atoms with Crippen molar-refractivity contribution in [2.75, 3.05) is 33.9 Å². The van der Waals surface area contributed by atoms with Crippen LogP contribution in [0, 0.1) is 16.0 Å². The molecule has 2 aromatic heterocycles. The van der Waals surface area contributed by atoms with Gasteiger partial charge in [0, 0.05) is 48.8 Å². The number of likely N-dealkylation sites (tertiary alicyclic amines) is 1. The molecule has 12 nitrogen and oxygen atoms in total. The molecular weight excluding hydrogens is 546 g/mol. The van der Waals surface area contributed by atoms with Gasteiger partial charge in [-0.3, -0.25) is 19.7 Å². The molecule has 2 aliphatic heterocycles. The van der Waals surface area contributed by atoms with Crippen molar-refractivity contribution in [3.8, 4) is 28.4 Å². The lowest BCUT2D eigenvalue weighted by Crippen LogP contribution is -2.50. The van der Waals surface area contributed by atoms with E-state index in [1.807, 2.05) is 0 Å². The molecule has 0 aliphatic carbocycles. The smallest absolute Gasteiger partial charge is 0.344 e. The Labute approximate surface area is 238 Å². The van der Waals surface area contributed by atoms with Crippen LogP contribution in [0.1, 0.15) is 18.0 Å². The molecule has 6 rings (SSSR count). The molecule has 2 atom stereocenters. The number of nitrogens with zero attached hydrogens (tertiary/aromatic N) is 3. The van der Waals surface area contributed by atoms with Gasteiger partial charge in [0.2, 0.25) is 0 Å². The second kappa shape index (κ2) is 10.7. The Morgan fingerprint density at radius 3 is 2.57 bits per heavy atom. The van der Waals surface area contributed by atoms with Crippen molar-refractivity contribution in [1.82, 2.24) is 9.47 Å². The first-order valence-electron chi connectivity index (χ1n) is 13.3. The number of benzene rings is 2. The van der Waals surface area contributed by atoms with Crippen LogP contribution in [0.25, 0.3) is 22.1 Å². The quantitative estimate of drug-likeness (QED) is 0.184. The number of carbonyl (C=O) groups excluding carboxylic acids is 1. The van der Waals surface area contributed by atoms with E-state index >= 15 is 0 Å². The molecular formula is C30H27N3O9. The molecule has 0 saturated carbocycles. The van der Waals surface area contributed by atoms with Gasteiger partial charge in [0.15, 0.2) is 18.1 Å². The lowest BCUT2D eigenvalue weighted by Gasteiger charge is -2.42. The van der Waals surface area contributed by atoms with Gasteiger partial charge in [0.05, 0.1) is 24.7 Å². The van der Waals surface area contributed by atoms with Crippen molar-refractivity contribution in [1.29, 1.82) is 0 Å². The highest BCUT2D eigenvalue weighted by atomic mass is 16.6. The Bertz CT molecular complexity index is 1840. The summed E-state index contributed by atoms with van der Waals surface area (Å²) < 4.78 is 23.5. The third-order valence-corrected chi connectivity index (χ3v) is 7.90. The van der Waals surface area contributed by atoms with Gasteiger partial charge in [0.1, 0.15) is 11.3 Å². The van der Waals surface area contributed by atoms with E-state index in [2.05, 4.69) is 0 Å². The highest BCUT2D eigenvalue weighted by molar-refractivity contribution is 5.83. The second-order valence-electron chi connectivity index (χ2n) is 10.4. The third kappa shape index (κ3) is 4.84. The van der Waals surface area contributed by atoms with E-state index in [1.54, 1.807) is 53.4 Å². The molecule has 0 radical (unpaired) electrons. The Morgan fingerprint density at radius 2 is 1.81 bits per heavy atom. The van der Waals surface area contributed by atoms with Crippen LogP contribution in [0.4, 0.5) is 5.69 Å². The molecule has 2 bridgehead atoms. The van der Waals surface area contributed by atoms with E-state index in [0.717, 1.165) is 6.42 Å². The van der Waals surface area contributed by atoms with E-state index in [9.17, 15) is 24.5 Å². The van der Waals surface area contributed by atoms with Crippen LogP contribution in [0.5, 0.6) is 17.2 Å². The molecule has 216 valence electrons. The van der Waals surface area contributed by atoms with Gasteiger partial charge in [-0.15, -0.1) is 0 Å². The molecule has 2 aliphatic rings. The summed E-state index contributed by atoms with van der Waals surface area (Å²) in [7, 11) is 3.05. The summed E-state index contributed by atoms with van der Waals surface area (Å²) in [6, 6.07) is 14.8. The van der Waals surface area contributed by atoms with Gasteiger partial charge in [-0.2, -0.15) is 0 Å². The van der Waals surface area contributed by atoms with Crippen LogP contribution in [-0.2, 0) is 11.3 Å². The van der Waals surface area contributed by atoms with Gasteiger partial charge in [-0.05, 0) is 54.3 Å². The highest BCUT2D eigenvalue weighted by Gasteiger charge is 2.37. The number of aromatic nitrogens is 1. The summed E-state index contributed by atoms with van der Waals surface area (Å²) in [5.41, 5.74) is 0.424. The molecule has 2 aromatic carbocycles. The summed E-state index contributed by atoms with van der Waals surface area (Å²) in [5, 5.41) is 11.9. The normalized spacial score (nSPS) is 17.4. The number of rotatable bonds is 7. The van der Waals surface area contributed by atoms with Crippen LogP contribution < -0.4 is 25.4 Å². The molecule has 1 saturated heterocycles. The summed E-state index contributed by atoms with van der Waals surface area (Å²) >= 11 is 0. The largest absolute Gasteiger partial charge is 0.493 e. The minimum Gasteiger partial charge on any atom is -0.493 e. The number of amides is 1. The molecule has 12 heteroatoms. The molecule has 1 fully saturated rings. The zero-order valence-electron chi connectivity index (χ0n) is 22.9. The van der Waals surface area contributed by atoms with Crippen molar-refractivity contribution >= 4 is 22.6 Å². The fraction of sp³-hybridized carbons (Fsp3) is 0.300. The van der Waals surface area contributed by atoms with Crippen molar-refractivity contribution < 1.29 is 28.3 Å². The van der Waals surface area contributed by atoms with E-state index < -0.39 is 21.8 Å². The number of ether oxygens (including phenoxy) is 3. The van der Waals surface area contributed by atoms with Crippen LogP contribution in [-0.4, -0.2) is 54.2 Å². The average molecular weight is 574 g/mol. The summed E-state index contributed by atoms with van der Waals surface area (Å²) in [6.45, 7) is 0.929. The number of methoxy groups -OCH3 is 2. The topological polar surface area (TPSA) is 143 Å². The van der Waals surface area contributed by atoms with Crippen molar-refractivity contribution in [2.24, 2.45) is 5.92 Å². The molecule has 0 N–H and O–H groups in total. The minimum absolute atomic E-state index is 0.00899. The Kier molecular flexibility index (Phi) is 6.89. The first kappa shape index (κ1) is 27.1. The SMILES string of the molecule is COc1ccc(-c2cc3ccc(OCC(=O)N4C[C@@H]5C[C@H](C4)c4ccc([N+](=O)[O-])c(=O)n4C5)cc3oc2=O)cc1OC. The molecule has 1 amide bonds. The Balaban J connectivity index is 1.15. The molecule has 4 aromatic rings. The zero-order valence-corrected chi connectivity index (χ0v) is 22.9. The first-order chi connectivity index (χ1) is 20.2. The fourth-order valence-corrected chi connectivity index (χ4v) is 5.90. The van der Waals surface area contributed by atoms with Gasteiger partial charge < -0.3 is 28.1 Å². The number of fused-ring (bicyclic) bond motifs is 5. The lowest BCUT2D eigenvalue weighted by atomic mass is 9.83. The lowest BCUT2D eigenvalue weighted by molar-refractivity contribution is -0.386. The third-order valence-electron chi connectivity index (χ3n) is 7.90. The van der Waals surface area contributed by atoms with Crippen molar-refractivity contribution in [2.45, 2.75) is 18.9 Å². The van der Waals surface area contributed by atoms with E-state index in [4.69, 9.17) is 18.6 Å². The van der Waals surface area contributed by atoms with Crippen molar-refractivity contribution in [3.63, 3.8) is 0 Å². The van der Waals surface area contributed by atoms with Crippen LogP contribution in [0.15, 0.2) is 68.6 Å². The standard InChI is InChI=1S/C30H27N3O9/c1-39-25-8-4-18(11-27(25)40-2)22-10-19-3-5-21(12-26(19)42-30(22)36)41-16-28(34)31-13-17-9-20(15-31)23-6-7-24(33(37)38)29(35)32(23)14-17/h3-8,10-12,17,20H,9,13-16H2,1-2H3/t17-,20+/m0/s1. The molecule has 0 spiro atoms. The van der Waals surface area contributed by atoms with E-state index in [0.29, 0.717) is 64.7 Å². The minimum atomic E-state index is -0.664. The maximum Gasteiger partial charge on any atom is 0.344 e. The average Bonchev–Trinajstić information content (AvgIpc) is 2.99. The van der Waals surface area contributed by atoms with E-state index in [1.165, 1.54) is 24.9 Å². The molecule has 0 unspecified atom stereocenters. The number of carbonyl (C=O) groups is 1. The monoisotopic (exact) mass is 573 g/mol. The van der Waals surface area contributed by atoms with Crippen LogP contribution in [0.3, 0.4) is 0 Å². The molecule has 42 heavy (non-hydrogen) atoms. The Hall–Kier alpha value is -5.13. The van der Waals surface area contributed by atoms with Crippen LogP contribution in [0.2, 0.25) is 0 Å². The fourth-order valence-electron chi connectivity index (χ4n) is 5.90. The van der Waals surface area contributed by atoms with Crippen molar-refractivity contribution in [3.05, 3.63) is 91.2 Å². The van der Waals surface area contributed by atoms with Gasteiger partial charge >= 0.3 is 16.9 Å². The summed E-state index contributed by atoms with van der Waals surface area (Å²) in [5.74, 6) is 1.11. The second-order valence-corrected chi connectivity index (χ2v) is 10.4. The predicted molar refractivity (Wildman–Crippen MR) is 151 cm³/mol. The van der Waals surface area contributed by atoms with E-state index in [-0.39, 0.29) is 24.3 Å². The maximum absolute atomic E-state index is 13.1. The number of hydrogen-bond donors (Lipinski definition) is 0. The summed E-state index contributed by atoms with van der Waals surface area (Å²) in [4.78, 5) is 50.8. The van der Waals surface area contributed by atoms with Gasteiger partial charge in [-0.1, -0.05) is 6.07 Å².